The normalized spacial score (nSPS) is 10.2. The number of aromatic nitrogens is 3. The minimum absolute atomic E-state index is 0.603. The molecule has 2 rings (SSSR count). The van der Waals surface area contributed by atoms with Gasteiger partial charge in [0.25, 0.3) is 0 Å². The number of rotatable bonds is 3. The predicted octanol–water partition coefficient (Wildman–Crippen LogP) is 1.07. The van der Waals surface area contributed by atoms with Crippen molar-refractivity contribution < 1.29 is 4.79 Å². The molecule has 0 saturated carbocycles. The average Bonchev–Trinajstić information content (AvgIpc) is 2.76. The molecule has 0 amide bonds. The van der Waals surface area contributed by atoms with E-state index in [0.717, 1.165) is 12.0 Å². The number of hydrogen-bond donors (Lipinski definition) is 1. The summed E-state index contributed by atoms with van der Waals surface area (Å²) in [5, 5.41) is 4.03. The Kier molecular flexibility index (Phi) is 1.96. The summed E-state index contributed by atoms with van der Waals surface area (Å²) in [5.74, 6) is 0. The van der Waals surface area contributed by atoms with Gasteiger partial charge in [0.15, 0.2) is 6.29 Å². The molecular formula is C9H9N3O. The highest BCUT2D eigenvalue weighted by Gasteiger charge is 1.97. The lowest BCUT2D eigenvalue weighted by Crippen LogP contribution is -1.99. The number of aldehydes is 1. The highest BCUT2D eigenvalue weighted by atomic mass is 16.1. The summed E-state index contributed by atoms with van der Waals surface area (Å²) in [4.78, 5) is 13.4. The van der Waals surface area contributed by atoms with Crippen molar-refractivity contribution in [3.05, 3.63) is 42.0 Å². The molecule has 4 heteroatoms. The molecule has 0 aliphatic carbocycles. The molecule has 2 aromatic heterocycles. The summed E-state index contributed by atoms with van der Waals surface area (Å²) in [5.41, 5.74) is 1.67. The third-order valence-corrected chi connectivity index (χ3v) is 1.78. The lowest BCUT2D eigenvalue weighted by Gasteiger charge is -1.96. The summed E-state index contributed by atoms with van der Waals surface area (Å²) < 4.78 is 1.72. The second-order valence-corrected chi connectivity index (χ2v) is 2.78. The quantitative estimate of drug-likeness (QED) is 0.709. The smallest absolute Gasteiger partial charge is 0.153 e. The van der Waals surface area contributed by atoms with Gasteiger partial charge in [0.05, 0.1) is 18.3 Å². The summed E-state index contributed by atoms with van der Waals surface area (Å²) in [6, 6.07) is 3.90. The molecular weight excluding hydrogens is 166 g/mol. The average molecular weight is 175 g/mol. The Morgan fingerprint density at radius 1 is 1.62 bits per heavy atom. The summed E-state index contributed by atoms with van der Waals surface area (Å²) in [6.45, 7) is 0.668. The van der Waals surface area contributed by atoms with Gasteiger partial charge in [-0.1, -0.05) is 0 Å². The van der Waals surface area contributed by atoms with E-state index in [1.54, 1.807) is 17.1 Å². The van der Waals surface area contributed by atoms with Crippen LogP contribution >= 0.6 is 0 Å². The molecule has 0 bridgehead atoms. The number of hydrogen-bond acceptors (Lipinski definition) is 2. The van der Waals surface area contributed by atoms with Gasteiger partial charge in [0.2, 0.25) is 0 Å². The highest BCUT2D eigenvalue weighted by Crippen LogP contribution is 1.99. The van der Waals surface area contributed by atoms with Crippen LogP contribution in [0, 0.1) is 0 Å². The molecule has 0 aromatic carbocycles. The highest BCUT2D eigenvalue weighted by molar-refractivity contribution is 5.73. The third kappa shape index (κ3) is 1.66. The number of carbonyl (C=O) groups excluding carboxylic acids is 1. The SMILES string of the molecule is O=Cc1cnn(Cc2ccc[nH]2)c1. The van der Waals surface area contributed by atoms with E-state index in [1.807, 2.05) is 18.3 Å². The van der Waals surface area contributed by atoms with Crippen molar-refractivity contribution in [1.29, 1.82) is 0 Å². The minimum Gasteiger partial charge on any atom is -0.363 e. The van der Waals surface area contributed by atoms with Crippen molar-refractivity contribution in [2.75, 3.05) is 0 Å². The second-order valence-electron chi connectivity index (χ2n) is 2.78. The first-order chi connectivity index (χ1) is 6.38. The molecule has 66 valence electrons. The molecule has 2 heterocycles. The molecule has 0 atom stereocenters. The van der Waals surface area contributed by atoms with Crippen LogP contribution in [-0.2, 0) is 6.54 Å². The fourth-order valence-corrected chi connectivity index (χ4v) is 1.17. The maximum absolute atomic E-state index is 10.4. The van der Waals surface area contributed by atoms with E-state index in [4.69, 9.17) is 0 Å². The molecule has 13 heavy (non-hydrogen) atoms. The van der Waals surface area contributed by atoms with E-state index >= 15 is 0 Å². The van der Waals surface area contributed by atoms with E-state index in [9.17, 15) is 4.79 Å². The number of nitrogens with zero attached hydrogens (tertiary/aromatic N) is 2. The van der Waals surface area contributed by atoms with Crippen LogP contribution in [0.15, 0.2) is 30.7 Å². The van der Waals surface area contributed by atoms with Crippen molar-refractivity contribution >= 4 is 6.29 Å². The molecule has 0 aliphatic rings. The molecule has 2 aromatic rings. The molecule has 0 radical (unpaired) electrons. The van der Waals surface area contributed by atoms with Crippen LogP contribution in [0.4, 0.5) is 0 Å². The number of carbonyl (C=O) groups is 1. The van der Waals surface area contributed by atoms with Gasteiger partial charge in [-0.2, -0.15) is 5.10 Å². The molecule has 1 N–H and O–H groups in total. The van der Waals surface area contributed by atoms with Crippen LogP contribution in [0.25, 0.3) is 0 Å². The third-order valence-electron chi connectivity index (χ3n) is 1.78. The zero-order valence-electron chi connectivity index (χ0n) is 6.97. The number of aromatic amines is 1. The molecule has 0 aliphatic heterocycles. The van der Waals surface area contributed by atoms with Crippen molar-refractivity contribution in [2.45, 2.75) is 6.54 Å². The second kappa shape index (κ2) is 3.26. The first-order valence-corrected chi connectivity index (χ1v) is 3.98. The van der Waals surface area contributed by atoms with Crippen molar-refractivity contribution in [1.82, 2.24) is 14.8 Å². The molecule has 0 fully saturated rings. The minimum atomic E-state index is 0.603. The van der Waals surface area contributed by atoms with Crippen LogP contribution in [0.3, 0.4) is 0 Å². The van der Waals surface area contributed by atoms with Crippen molar-refractivity contribution in [2.24, 2.45) is 0 Å². The largest absolute Gasteiger partial charge is 0.363 e. The standard InChI is InChI=1S/C9H9N3O/c13-7-8-4-11-12(5-8)6-9-2-1-3-10-9/h1-5,7,10H,6H2. The maximum Gasteiger partial charge on any atom is 0.153 e. The van der Waals surface area contributed by atoms with Gasteiger partial charge in [-0.25, -0.2) is 0 Å². The number of H-pyrrole nitrogens is 1. The van der Waals surface area contributed by atoms with E-state index in [2.05, 4.69) is 10.1 Å². The van der Waals surface area contributed by atoms with E-state index < -0.39 is 0 Å². The van der Waals surface area contributed by atoms with Gasteiger partial charge in [-0.15, -0.1) is 0 Å². The van der Waals surface area contributed by atoms with Gasteiger partial charge in [0.1, 0.15) is 0 Å². The lowest BCUT2D eigenvalue weighted by atomic mass is 10.4. The van der Waals surface area contributed by atoms with Gasteiger partial charge in [0, 0.05) is 18.1 Å². The van der Waals surface area contributed by atoms with Crippen LogP contribution in [0.1, 0.15) is 16.1 Å². The van der Waals surface area contributed by atoms with Crippen molar-refractivity contribution in [3.8, 4) is 0 Å². The molecule has 0 saturated heterocycles. The Balaban J connectivity index is 2.14. The van der Waals surface area contributed by atoms with Crippen molar-refractivity contribution in [3.63, 3.8) is 0 Å². The zero-order valence-corrected chi connectivity index (χ0v) is 6.97. The fraction of sp³-hybridized carbons (Fsp3) is 0.111. The van der Waals surface area contributed by atoms with Gasteiger partial charge >= 0.3 is 0 Å². The van der Waals surface area contributed by atoms with Crippen LogP contribution in [0.5, 0.6) is 0 Å². The maximum atomic E-state index is 10.4. The summed E-state index contributed by atoms with van der Waals surface area (Å²) in [7, 11) is 0. The Bertz CT molecular complexity index is 389. The van der Waals surface area contributed by atoms with Crippen LogP contribution in [0.2, 0.25) is 0 Å². The fourth-order valence-electron chi connectivity index (χ4n) is 1.17. The van der Waals surface area contributed by atoms with E-state index in [0.29, 0.717) is 12.1 Å². The van der Waals surface area contributed by atoms with Gasteiger partial charge < -0.3 is 4.98 Å². The topological polar surface area (TPSA) is 50.7 Å². The molecule has 0 spiro atoms. The molecule has 4 nitrogen and oxygen atoms in total. The summed E-state index contributed by atoms with van der Waals surface area (Å²) >= 11 is 0. The first-order valence-electron chi connectivity index (χ1n) is 3.98. The monoisotopic (exact) mass is 175 g/mol. The predicted molar refractivity (Wildman–Crippen MR) is 47.5 cm³/mol. The van der Waals surface area contributed by atoms with Gasteiger partial charge in [-0.05, 0) is 12.1 Å². The summed E-state index contributed by atoms with van der Waals surface area (Å²) in [6.07, 6.45) is 5.92. The van der Waals surface area contributed by atoms with Crippen LogP contribution < -0.4 is 0 Å². The Morgan fingerprint density at radius 3 is 3.15 bits per heavy atom. The van der Waals surface area contributed by atoms with Gasteiger partial charge in [-0.3, -0.25) is 9.48 Å². The first kappa shape index (κ1) is 7.79. The van der Waals surface area contributed by atoms with Crippen LogP contribution in [-0.4, -0.2) is 21.1 Å². The Morgan fingerprint density at radius 2 is 2.54 bits per heavy atom. The van der Waals surface area contributed by atoms with E-state index in [1.165, 1.54) is 0 Å². The number of nitrogens with one attached hydrogen (secondary N) is 1. The lowest BCUT2D eigenvalue weighted by molar-refractivity contribution is 0.112. The van der Waals surface area contributed by atoms with E-state index in [-0.39, 0.29) is 0 Å². The molecule has 0 unspecified atom stereocenters. The Hall–Kier alpha value is -1.84. The Labute approximate surface area is 75.2 Å². The zero-order chi connectivity index (χ0) is 9.10.